The standard InChI is InChI=1S/C19H25N3O3/c1-13-16(17(23)24-12-14-9-7-6-8-10-14)20-21-22(13)15-11-18(2,3)25-19(15,4)5/h6-10,15H,11-12H2,1-5H3. The summed E-state index contributed by atoms with van der Waals surface area (Å²) in [6.07, 6.45) is 0.808. The summed E-state index contributed by atoms with van der Waals surface area (Å²) in [6.45, 7) is 10.3. The van der Waals surface area contributed by atoms with E-state index in [1.807, 2.05) is 51.1 Å². The Morgan fingerprint density at radius 1 is 1.28 bits per heavy atom. The molecule has 1 saturated heterocycles. The third-order valence-corrected chi connectivity index (χ3v) is 4.66. The molecule has 1 aromatic carbocycles. The van der Waals surface area contributed by atoms with E-state index < -0.39 is 5.97 Å². The van der Waals surface area contributed by atoms with Gasteiger partial charge < -0.3 is 9.47 Å². The largest absolute Gasteiger partial charge is 0.456 e. The molecule has 6 heteroatoms. The van der Waals surface area contributed by atoms with Crippen molar-refractivity contribution in [2.75, 3.05) is 0 Å². The van der Waals surface area contributed by atoms with Crippen LogP contribution in [0.5, 0.6) is 0 Å². The minimum Gasteiger partial charge on any atom is -0.456 e. The minimum atomic E-state index is -0.455. The molecule has 0 bridgehead atoms. The molecule has 0 aliphatic carbocycles. The number of ether oxygens (including phenoxy) is 2. The first-order valence-corrected chi connectivity index (χ1v) is 8.53. The number of carbonyl (C=O) groups excluding carboxylic acids is 1. The highest BCUT2D eigenvalue weighted by Crippen LogP contribution is 2.45. The molecule has 3 rings (SSSR count). The van der Waals surface area contributed by atoms with Gasteiger partial charge in [0.2, 0.25) is 0 Å². The highest BCUT2D eigenvalue weighted by molar-refractivity contribution is 5.88. The first-order valence-electron chi connectivity index (χ1n) is 8.53. The summed E-state index contributed by atoms with van der Waals surface area (Å²) in [5.74, 6) is -0.455. The van der Waals surface area contributed by atoms with E-state index in [-0.39, 0.29) is 29.5 Å². The van der Waals surface area contributed by atoms with Crippen LogP contribution in [0.1, 0.15) is 61.9 Å². The van der Waals surface area contributed by atoms with E-state index in [9.17, 15) is 4.79 Å². The van der Waals surface area contributed by atoms with Crippen molar-refractivity contribution in [2.24, 2.45) is 0 Å². The molecule has 1 fully saturated rings. The van der Waals surface area contributed by atoms with Gasteiger partial charge >= 0.3 is 5.97 Å². The maximum Gasteiger partial charge on any atom is 0.361 e. The van der Waals surface area contributed by atoms with Crippen molar-refractivity contribution in [2.45, 2.75) is 64.9 Å². The summed E-state index contributed by atoms with van der Waals surface area (Å²) in [7, 11) is 0. The maximum absolute atomic E-state index is 12.4. The van der Waals surface area contributed by atoms with Crippen molar-refractivity contribution in [3.05, 3.63) is 47.3 Å². The highest BCUT2D eigenvalue weighted by atomic mass is 16.5. The summed E-state index contributed by atoms with van der Waals surface area (Å²) in [5, 5.41) is 8.29. The van der Waals surface area contributed by atoms with Crippen molar-refractivity contribution >= 4 is 5.97 Å². The van der Waals surface area contributed by atoms with Gasteiger partial charge in [-0.2, -0.15) is 0 Å². The van der Waals surface area contributed by atoms with Gasteiger partial charge in [-0.05, 0) is 40.2 Å². The first kappa shape index (κ1) is 17.6. The molecule has 0 amide bonds. The van der Waals surface area contributed by atoms with E-state index in [2.05, 4.69) is 24.2 Å². The second kappa shape index (κ2) is 6.26. The summed E-state index contributed by atoms with van der Waals surface area (Å²) in [5.41, 5.74) is 1.29. The van der Waals surface area contributed by atoms with Gasteiger partial charge in [0.15, 0.2) is 5.69 Å². The van der Waals surface area contributed by atoms with Crippen molar-refractivity contribution < 1.29 is 14.3 Å². The monoisotopic (exact) mass is 343 g/mol. The Balaban J connectivity index is 1.76. The average molecular weight is 343 g/mol. The molecule has 1 aliphatic heterocycles. The van der Waals surface area contributed by atoms with Gasteiger partial charge in [0.05, 0.1) is 22.9 Å². The average Bonchev–Trinajstić information content (AvgIpc) is 3.01. The minimum absolute atomic E-state index is 0.0191. The fourth-order valence-electron chi connectivity index (χ4n) is 3.53. The predicted molar refractivity (Wildman–Crippen MR) is 93.2 cm³/mol. The molecule has 0 saturated carbocycles. The molecule has 134 valence electrons. The number of hydrogen-bond donors (Lipinski definition) is 0. The van der Waals surface area contributed by atoms with Crippen molar-refractivity contribution in [3.8, 4) is 0 Å². The Morgan fingerprint density at radius 3 is 2.56 bits per heavy atom. The molecular formula is C19H25N3O3. The number of rotatable bonds is 4. The number of carbonyl (C=O) groups is 1. The number of esters is 1. The quantitative estimate of drug-likeness (QED) is 0.795. The molecule has 0 spiro atoms. The predicted octanol–water partition coefficient (Wildman–Crippen LogP) is 3.46. The van der Waals surface area contributed by atoms with Gasteiger partial charge in [0.1, 0.15) is 6.61 Å². The Bertz CT molecular complexity index is 765. The zero-order valence-corrected chi connectivity index (χ0v) is 15.4. The second-order valence-electron chi connectivity index (χ2n) is 7.71. The molecule has 2 heterocycles. The zero-order valence-electron chi connectivity index (χ0n) is 15.4. The van der Waals surface area contributed by atoms with Crippen LogP contribution in [0.25, 0.3) is 0 Å². The highest BCUT2D eigenvalue weighted by Gasteiger charge is 2.48. The van der Waals surface area contributed by atoms with Crippen molar-refractivity contribution in [1.82, 2.24) is 15.0 Å². The topological polar surface area (TPSA) is 66.2 Å². The molecule has 0 N–H and O–H groups in total. The molecule has 1 atom stereocenters. The van der Waals surface area contributed by atoms with Crippen LogP contribution in [0, 0.1) is 6.92 Å². The van der Waals surface area contributed by atoms with Gasteiger partial charge in [-0.25, -0.2) is 9.48 Å². The van der Waals surface area contributed by atoms with Gasteiger partial charge in [-0.1, -0.05) is 35.5 Å². The lowest BCUT2D eigenvalue weighted by Crippen LogP contribution is -2.32. The van der Waals surface area contributed by atoms with Crippen LogP contribution in [0.3, 0.4) is 0 Å². The summed E-state index contributed by atoms with van der Waals surface area (Å²) < 4.78 is 13.3. The van der Waals surface area contributed by atoms with E-state index in [0.29, 0.717) is 5.69 Å². The van der Waals surface area contributed by atoms with Crippen molar-refractivity contribution in [1.29, 1.82) is 0 Å². The number of aromatic nitrogens is 3. The Kier molecular flexibility index (Phi) is 4.41. The molecular weight excluding hydrogens is 318 g/mol. The Morgan fingerprint density at radius 2 is 1.96 bits per heavy atom. The van der Waals surface area contributed by atoms with Gasteiger partial charge in [0, 0.05) is 6.42 Å². The molecule has 1 aliphatic rings. The van der Waals surface area contributed by atoms with Crippen LogP contribution in [-0.4, -0.2) is 32.2 Å². The fourth-order valence-corrected chi connectivity index (χ4v) is 3.53. The third kappa shape index (κ3) is 3.58. The van der Waals surface area contributed by atoms with Gasteiger partial charge in [-0.15, -0.1) is 5.10 Å². The number of benzene rings is 1. The fraction of sp³-hybridized carbons (Fsp3) is 0.526. The van der Waals surface area contributed by atoms with Crippen LogP contribution in [0.2, 0.25) is 0 Å². The second-order valence-corrected chi connectivity index (χ2v) is 7.71. The van der Waals surface area contributed by atoms with Crippen LogP contribution in [-0.2, 0) is 16.1 Å². The Labute approximate surface area is 148 Å². The maximum atomic E-state index is 12.4. The third-order valence-electron chi connectivity index (χ3n) is 4.66. The van der Waals surface area contributed by atoms with Gasteiger partial charge in [0.25, 0.3) is 0 Å². The summed E-state index contributed by atoms with van der Waals surface area (Å²) in [6, 6.07) is 9.59. The Hall–Kier alpha value is -2.21. The normalized spacial score (nSPS) is 21.2. The summed E-state index contributed by atoms with van der Waals surface area (Å²) in [4.78, 5) is 12.4. The van der Waals surface area contributed by atoms with Crippen LogP contribution in [0.15, 0.2) is 30.3 Å². The van der Waals surface area contributed by atoms with E-state index >= 15 is 0 Å². The molecule has 1 unspecified atom stereocenters. The van der Waals surface area contributed by atoms with Crippen LogP contribution < -0.4 is 0 Å². The molecule has 6 nitrogen and oxygen atoms in total. The lowest BCUT2D eigenvalue weighted by Gasteiger charge is -2.27. The molecule has 25 heavy (non-hydrogen) atoms. The number of hydrogen-bond acceptors (Lipinski definition) is 5. The zero-order chi connectivity index (χ0) is 18.2. The lowest BCUT2D eigenvalue weighted by atomic mass is 9.94. The van der Waals surface area contributed by atoms with Crippen molar-refractivity contribution in [3.63, 3.8) is 0 Å². The number of nitrogens with zero attached hydrogens (tertiary/aromatic N) is 3. The van der Waals surface area contributed by atoms with E-state index in [0.717, 1.165) is 12.0 Å². The summed E-state index contributed by atoms with van der Waals surface area (Å²) >= 11 is 0. The lowest BCUT2D eigenvalue weighted by molar-refractivity contribution is -0.0740. The SMILES string of the molecule is Cc1c(C(=O)OCc2ccccc2)nnn1C1CC(C)(C)OC1(C)C. The van der Waals surface area contributed by atoms with Crippen LogP contribution in [0.4, 0.5) is 0 Å². The van der Waals surface area contributed by atoms with E-state index in [1.54, 1.807) is 4.68 Å². The molecule has 2 aromatic rings. The smallest absolute Gasteiger partial charge is 0.361 e. The first-order chi connectivity index (χ1) is 11.7. The van der Waals surface area contributed by atoms with Gasteiger partial charge in [-0.3, -0.25) is 0 Å². The van der Waals surface area contributed by atoms with E-state index in [4.69, 9.17) is 9.47 Å². The molecule has 1 aromatic heterocycles. The van der Waals surface area contributed by atoms with Crippen LogP contribution >= 0.6 is 0 Å². The molecule has 0 radical (unpaired) electrons. The van der Waals surface area contributed by atoms with E-state index in [1.165, 1.54) is 0 Å².